The zero-order chi connectivity index (χ0) is 20.9. The Morgan fingerprint density at radius 3 is 1.97 bits per heavy atom. The van der Waals surface area contributed by atoms with Crippen LogP contribution in [0.15, 0.2) is 106 Å². The van der Waals surface area contributed by atoms with Crippen LogP contribution in [0.3, 0.4) is 0 Å². The SMILES string of the molecule is CC1=Cc2c(-c3ccccc3)cc(N3c4ccccc4Sc4ccccc43)cc2[CH]1[Zr+2].[Cl-].[Cl-]. The van der Waals surface area contributed by atoms with Crippen LogP contribution < -0.4 is 29.7 Å². The molecule has 6 rings (SSSR count). The van der Waals surface area contributed by atoms with E-state index in [-0.39, 0.29) is 24.8 Å². The fraction of sp³-hybridized carbons (Fsp3) is 0.0714. The van der Waals surface area contributed by atoms with Crippen LogP contribution in [0.1, 0.15) is 21.7 Å². The number of hydrogen-bond acceptors (Lipinski definition) is 2. The third-order valence-corrected chi connectivity index (χ3v) is 9.12. The van der Waals surface area contributed by atoms with Crippen molar-refractivity contribution in [2.45, 2.75) is 20.3 Å². The molecular formula is C28H20Cl2NSZr. The molecule has 0 amide bonds. The molecule has 2 aliphatic rings. The number of allylic oxidation sites excluding steroid dienone is 1. The Morgan fingerprint density at radius 2 is 1.33 bits per heavy atom. The number of hydrogen-bond donors (Lipinski definition) is 0. The van der Waals surface area contributed by atoms with Crippen LogP contribution in [0.4, 0.5) is 17.1 Å². The van der Waals surface area contributed by atoms with Crippen LogP contribution in [0.5, 0.6) is 0 Å². The van der Waals surface area contributed by atoms with E-state index in [1.54, 1.807) is 24.7 Å². The molecule has 4 aromatic rings. The average molecular weight is 565 g/mol. The monoisotopic (exact) mass is 562 g/mol. The van der Waals surface area contributed by atoms with Gasteiger partial charge in [-0.2, -0.15) is 0 Å². The molecule has 1 aliphatic heterocycles. The van der Waals surface area contributed by atoms with Crippen molar-refractivity contribution in [3.63, 3.8) is 0 Å². The van der Waals surface area contributed by atoms with Gasteiger partial charge in [0.15, 0.2) is 0 Å². The maximum atomic E-state index is 2.45. The second-order valence-electron chi connectivity index (χ2n) is 8.06. The summed E-state index contributed by atoms with van der Waals surface area (Å²) in [6, 6.07) is 33.1. The van der Waals surface area contributed by atoms with E-state index < -0.39 is 0 Å². The first-order valence-corrected chi connectivity index (χ1v) is 12.7. The van der Waals surface area contributed by atoms with Gasteiger partial charge in [0, 0.05) is 0 Å². The molecule has 4 aromatic carbocycles. The molecule has 1 unspecified atom stereocenters. The molecule has 161 valence electrons. The molecule has 1 heterocycles. The average Bonchev–Trinajstić information content (AvgIpc) is 3.11. The van der Waals surface area contributed by atoms with Crippen LogP contribution >= 0.6 is 11.8 Å². The number of benzene rings is 4. The Bertz CT molecular complexity index is 1310. The van der Waals surface area contributed by atoms with Crippen molar-refractivity contribution in [2.24, 2.45) is 0 Å². The van der Waals surface area contributed by atoms with Crippen molar-refractivity contribution >= 4 is 34.9 Å². The summed E-state index contributed by atoms with van der Waals surface area (Å²) in [6.45, 7) is 2.27. The first kappa shape index (κ1) is 24.4. The molecule has 33 heavy (non-hydrogen) atoms. The summed E-state index contributed by atoms with van der Waals surface area (Å²) in [7, 11) is 0. The minimum absolute atomic E-state index is 0. The van der Waals surface area contributed by atoms with Gasteiger partial charge in [0.05, 0.1) is 0 Å². The van der Waals surface area contributed by atoms with Gasteiger partial charge >= 0.3 is 204 Å². The van der Waals surface area contributed by atoms with E-state index in [2.05, 4.69) is 109 Å². The van der Waals surface area contributed by atoms with E-state index in [0.717, 1.165) is 0 Å². The van der Waals surface area contributed by atoms with Gasteiger partial charge in [0.2, 0.25) is 0 Å². The van der Waals surface area contributed by atoms with Crippen LogP contribution in [-0.4, -0.2) is 0 Å². The molecule has 0 aromatic heterocycles. The Morgan fingerprint density at radius 1 is 0.758 bits per heavy atom. The maximum absolute atomic E-state index is 2.45. The predicted octanol–water partition coefficient (Wildman–Crippen LogP) is 2.30. The first-order chi connectivity index (χ1) is 15.2. The Kier molecular flexibility index (Phi) is 7.27. The second kappa shape index (κ2) is 9.84. The fourth-order valence-electron chi connectivity index (χ4n) is 4.58. The molecule has 0 bridgehead atoms. The van der Waals surface area contributed by atoms with E-state index in [9.17, 15) is 0 Å². The van der Waals surface area contributed by atoms with Crippen molar-refractivity contribution in [1.29, 1.82) is 0 Å². The Labute approximate surface area is 227 Å². The molecular weight excluding hydrogens is 545 g/mol. The number of nitrogens with zero attached hydrogens (tertiary/aromatic N) is 1. The third kappa shape index (κ3) is 4.15. The molecule has 0 saturated carbocycles. The summed E-state index contributed by atoms with van der Waals surface area (Å²) in [5.41, 5.74) is 10.7. The minimum atomic E-state index is 0. The van der Waals surface area contributed by atoms with E-state index in [1.807, 2.05) is 11.8 Å². The smallest absolute Gasteiger partial charge is 1.00 e. The van der Waals surface area contributed by atoms with Gasteiger partial charge in [-0.25, -0.2) is 0 Å². The molecule has 1 nitrogen and oxygen atoms in total. The van der Waals surface area contributed by atoms with Gasteiger partial charge in [-0.05, 0) is 0 Å². The molecule has 5 heteroatoms. The zero-order valence-corrected chi connectivity index (χ0v) is 22.7. The van der Waals surface area contributed by atoms with Crippen molar-refractivity contribution in [1.82, 2.24) is 0 Å². The minimum Gasteiger partial charge on any atom is -1.00 e. The number of fused-ring (bicyclic) bond motifs is 3. The van der Waals surface area contributed by atoms with Gasteiger partial charge in [0.25, 0.3) is 0 Å². The van der Waals surface area contributed by atoms with Crippen molar-refractivity contribution in [2.75, 3.05) is 4.90 Å². The molecule has 1 aliphatic carbocycles. The molecule has 0 spiro atoms. The van der Waals surface area contributed by atoms with Gasteiger partial charge in [-0.1, -0.05) is 0 Å². The maximum Gasteiger partial charge on any atom is -1.00 e. The van der Waals surface area contributed by atoms with E-state index in [0.29, 0.717) is 3.63 Å². The number of rotatable bonds is 2. The Hall–Kier alpha value is -1.77. The van der Waals surface area contributed by atoms with Crippen LogP contribution in [-0.2, 0) is 24.7 Å². The number of para-hydroxylation sites is 2. The molecule has 1 atom stereocenters. The zero-order valence-electron chi connectivity index (χ0n) is 17.9. The van der Waals surface area contributed by atoms with E-state index >= 15 is 0 Å². The summed E-state index contributed by atoms with van der Waals surface area (Å²) in [4.78, 5) is 5.05. The van der Waals surface area contributed by atoms with Crippen molar-refractivity contribution < 1.29 is 49.5 Å². The largest absolute Gasteiger partial charge is 1.00 e. The predicted molar refractivity (Wildman–Crippen MR) is 127 cm³/mol. The Balaban J connectivity index is 0.00000130. The van der Waals surface area contributed by atoms with Gasteiger partial charge in [-0.3, -0.25) is 0 Å². The van der Waals surface area contributed by atoms with Crippen molar-refractivity contribution in [3.05, 3.63) is 108 Å². The summed E-state index contributed by atoms with van der Waals surface area (Å²) in [5, 5.41) is 0. The normalized spacial score (nSPS) is 15.4. The van der Waals surface area contributed by atoms with Crippen molar-refractivity contribution in [3.8, 4) is 11.1 Å². The summed E-state index contributed by atoms with van der Waals surface area (Å²) in [6.07, 6.45) is 2.40. The third-order valence-electron chi connectivity index (χ3n) is 6.11. The second-order valence-corrected chi connectivity index (χ2v) is 10.6. The summed E-state index contributed by atoms with van der Waals surface area (Å²) < 4.78 is 0.522. The fourth-order valence-corrected chi connectivity index (χ4v) is 6.43. The topological polar surface area (TPSA) is 3.24 Å². The standard InChI is InChI=1S/C28H20NS.2ClH.Zr/c1-19-15-21-17-22(18-24(23(21)16-19)20-9-3-2-4-10-20)29-25-11-5-7-13-27(25)30-28-14-8-6-12-26(28)29;;;/h2-18H,1H3;2*1H;/q;;;+2/p-2. The molecule has 0 N–H and O–H groups in total. The quantitative estimate of drug-likeness (QED) is 0.324. The van der Waals surface area contributed by atoms with Crippen LogP contribution in [0.25, 0.3) is 17.2 Å². The van der Waals surface area contributed by atoms with E-state index in [1.165, 1.54) is 54.7 Å². The number of anilines is 3. The summed E-state index contributed by atoms with van der Waals surface area (Å²) >= 11 is 3.41. The van der Waals surface area contributed by atoms with E-state index in [4.69, 9.17) is 0 Å². The molecule has 0 fully saturated rings. The first-order valence-electron chi connectivity index (χ1n) is 10.5. The number of halogens is 2. The molecule has 0 saturated heterocycles. The van der Waals surface area contributed by atoms with Gasteiger partial charge < -0.3 is 24.8 Å². The van der Waals surface area contributed by atoms with Gasteiger partial charge in [-0.15, -0.1) is 0 Å². The molecule has 0 radical (unpaired) electrons. The summed E-state index contributed by atoms with van der Waals surface area (Å²) in [5.74, 6) is 0. The van der Waals surface area contributed by atoms with Gasteiger partial charge in [0.1, 0.15) is 0 Å². The van der Waals surface area contributed by atoms with Crippen LogP contribution in [0.2, 0.25) is 0 Å². The van der Waals surface area contributed by atoms with Crippen LogP contribution in [0, 0.1) is 0 Å².